The lowest BCUT2D eigenvalue weighted by Gasteiger charge is -2.28. The second-order valence-corrected chi connectivity index (χ2v) is 7.47. The third kappa shape index (κ3) is 4.23. The Morgan fingerprint density at radius 1 is 1.04 bits per heavy atom. The van der Waals surface area contributed by atoms with Crippen LogP contribution < -0.4 is 15.0 Å². The van der Waals surface area contributed by atoms with Crippen LogP contribution in [0.25, 0.3) is 0 Å². The van der Waals surface area contributed by atoms with E-state index in [0.29, 0.717) is 24.3 Å². The number of hydrogen-bond acceptors (Lipinski definition) is 3. The maximum Gasteiger partial charge on any atom is 0.243 e. The average Bonchev–Trinajstić information content (AvgIpc) is 2.97. The minimum atomic E-state index is -0.470. The molecule has 1 atom stereocenters. The van der Waals surface area contributed by atoms with Gasteiger partial charge in [0.1, 0.15) is 17.5 Å². The van der Waals surface area contributed by atoms with Crippen LogP contribution in [-0.2, 0) is 9.59 Å². The Bertz CT molecular complexity index is 779. The van der Waals surface area contributed by atoms with Gasteiger partial charge in [0.15, 0.2) is 0 Å². The van der Waals surface area contributed by atoms with Gasteiger partial charge in [-0.05, 0) is 63.6 Å². The zero-order valence-electron chi connectivity index (χ0n) is 15.4. The van der Waals surface area contributed by atoms with E-state index < -0.39 is 6.04 Å². The van der Waals surface area contributed by atoms with E-state index in [4.69, 9.17) is 4.74 Å². The molecule has 0 spiro atoms. The van der Waals surface area contributed by atoms with Crippen LogP contribution in [0.15, 0.2) is 54.6 Å². The van der Waals surface area contributed by atoms with Gasteiger partial charge in [-0.15, -0.1) is 0 Å². The van der Waals surface area contributed by atoms with Crippen LogP contribution in [0, 0.1) is 0 Å². The molecule has 26 heavy (non-hydrogen) atoms. The van der Waals surface area contributed by atoms with Crippen LogP contribution in [0.1, 0.15) is 33.6 Å². The Balaban J connectivity index is 1.76. The van der Waals surface area contributed by atoms with Gasteiger partial charge in [-0.2, -0.15) is 0 Å². The molecular weight excluding hydrogens is 328 g/mol. The first-order valence-electron chi connectivity index (χ1n) is 8.80. The molecule has 0 bridgehead atoms. The minimum absolute atomic E-state index is 0.0317. The number of para-hydroxylation sites is 1. The molecule has 1 aliphatic rings. The number of benzene rings is 2. The van der Waals surface area contributed by atoms with E-state index in [1.54, 1.807) is 4.90 Å². The molecule has 0 saturated carbocycles. The molecule has 1 fully saturated rings. The molecule has 1 heterocycles. The number of carbonyl (C=O) groups is 2. The zero-order chi connectivity index (χ0) is 18.7. The zero-order valence-corrected chi connectivity index (χ0v) is 15.4. The van der Waals surface area contributed by atoms with Gasteiger partial charge in [-0.1, -0.05) is 18.2 Å². The molecule has 2 aromatic rings. The number of carbonyl (C=O) groups excluding carboxylic acids is 2. The predicted molar refractivity (Wildman–Crippen MR) is 101 cm³/mol. The molecule has 2 amide bonds. The molecule has 136 valence electrons. The van der Waals surface area contributed by atoms with Crippen molar-refractivity contribution in [2.24, 2.45) is 0 Å². The Morgan fingerprint density at radius 3 is 2.27 bits per heavy atom. The van der Waals surface area contributed by atoms with E-state index in [-0.39, 0.29) is 17.4 Å². The van der Waals surface area contributed by atoms with Gasteiger partial charge in [0.05, 0.1) is 0 Å². The SMILES string of the molecule is CC(C)(C)NC(=O)C1CCC(=O)N1c1ccc(Oc2ccccc2)cc1. The number of rotatable bonds is 4. The smallest absolute Gasteiger partial charge is 0.243 e. The number of anilines is 1. The summed E-state index contributed by atoms with van der Waals surface area (Å²) in [6, 6.07) is 16.3. The van der Waals surface area contributed by atoms with Crippen molar-refractivity contribution in [3.63, 3.8) is 0 Å². The van der Waals surface area contributed by atoms with Gasteiger partial charge in [0.25, 0.3) is 0 Å². The van der Waals surface area contributed by atoms with Gasteiger partial charge in [-0.3, -0.25) is 14.5 Å². The first-order valence-corrected chi connectivity index (χ1v) is 8.80. The van der Waals surface area contributed by atoms with E-state index in [2.05, 4.69) is 5.32 Å². The van der Waals surface area contributed by atoms with Crippen LogP contribution >= 0.6 is 0 Å². The summed E-state index contributed by atoms with van der Waals surface area (Å²) in [7, 11) is 0. The molecular formula is C21H24N2O3. The maximum absolute atomic E-state index is 12.6. The lowest BCUT2D eigenvalue weighted by Crippen LogP contribution is -2.50. The van der Waals surface area contributed by atoms with E-state index in [1.165, 1.54) is 0 Å². The highest BCUT2D eigenvalue weighted by molar-refractivity contribution is 6.03. The van der Waals surface area contributed by atoms with Crippen LogP contribution in [0.5, 0.6) is 11.5 Å². The Morgan fingerprint density at radius 2 is 1.65 bits per heavy atom. The summed E-state index contributed by atoms with van der Waals surface area (Å²) in [6.45, 7) is 5.80. The van der Waals surface area contributed by atoms with E-state index in [1.807, 2.05) is 75.4 Å². The fourth-order valence-corrected chi connectivity index (χ4v) is 3.01. The topological polar surface area (TPSA) is 58.6 Å². The molecule has 5 nitrogen and oxygen atoms in total. The monoisotopic (exact) mass is 352 g/mol. The van der Waals surface area contributed by atoms with Gasteiger partial charge in [0, 0.05) is 17.6 Å². The highest BCUT2D eigenvalue weighted by Crippen LogP contribution is 2.30. The first-order chi connectivity index (χ1) is 12.3. The van der Waals surface area contributed by atoms with Gasteiger partial charge in [0.2, 0.25) is 11.8 Å². The molecule has 3 rings (SSSR count). The Kier molecular flexibility index (Phi) is 4.98. The number of amides is 2. The second-order valence-electron chi connectivity index (χ2n) is 7.47. The number of nitrogens with one attached hydrogen (secondary N) is 1. The normalized spacial score (nSPS) is 17.3. The molecule has 1 saturated heterocycles. The maximum atomic E-state index is 12.6. The van der Waals surface area contributed by atoms with Gasteiger partial charge < -0.3 is 10.1 Å². The lowest BCUT2D eigenvalue weighted by atomic mass is 10.1. The van der Waals surface area contributed by atoms with Crippen molar-refractivity contribution >= 4 is 17.5 Å². The molecule has 0 radical (unpaired) electrons. The average molecular weight is 352 g/mol. The lowest BCUT2D eigenvalue weighted by molar-refractivity contribution is -0.125. The van der Waals surface area contributed by atoms with Crippen molar-refractivity contribution in [1.29, 1.82) is 0 Å². The van der Waals surface area contributed by atoms with E-state index >= 15 is 0 Å². The first kappa shape index (κ1) is 18.0. The van der Waals surface area contributed by atoms with Crippen LogP contribution in [0.3, 0.4) is 0 Å². The number of nitrogens with zero attached hydrogens (tertiary/aromatic N) is 1. The van der Waals surface area contributed by atoms with Crippen molar-refractivity contribution in [3.05, 3.63) is 54.6 Å². The van der Waals surface area contributed by atoms with E-state index in [0.717, 1.165) is 5.75 Å². The summed E-state index contributed by atoms with van der Waals surface area (Å²) in [5.41, 5.74) is 0.379. The third-order valence-electron chi connectivity index (χ3n) is 4.11. The molecule has 1 N–H and O–H groups in total. The number of ether oxygens (including phenoxy) is 1. The summed E-state index contributed by atoms with van der Waals surface area (Å²) in [5, 5.41) is 2.97. The highest BCUT2D eigenvalue weighted by atomic mass is 16.5. The van der Waals surface area contributed by atoms with Gasteiger partial charge in [-0.25, -0.2) is 0 Å². The third-order valence-corrected chi connectivity index (χ3v) is 4.11. The Labute approximate surface area is 154 Å². The molecule has 0 aliphatic carbocycles. The summed E-state index contributed by atoms with van der Waals surface area (Å²) >= 11 is 0. The highest BCUT2D eigenvalue weighted by Gasteiger charge is 2.38. The Hall–Kier alpha value is -2.82. The molecule has 2 aromatic carbocycles. The van der Waals surface area contributed by atoms with Crippen molar-refractivity contribution in [2.45, 2.75) is 45.2 Å². The summed E-state index contributed by atoms with van der Waals surface area (Å²) < 4.78 is 5.78. The standard InChI is InChI=1S/C21H24N2O3/c1-21(2,3)22-20(25)18-13-14-19(24)23(18)15-9-11-17(12-10-15)26-16-7-5-4-6-8-16/h4-12,18H,13-14H2,1-3H3,(H,22,25). The van der Waals surface area contributed by atoms with Crippen LogP contribution in [-0.4, -0.2) is 23.4 Å². The van der Waals surface area contributed by atoms with Crippen molar-refractivity contribution in [1.82, 2.24) is 5.32 Å². The predicted octanol–water partition coefficient (Wildman–Crippen LogP) is 3.89. The summed E-state index contributed by atoms with van der Waals surface area (Å²) in [4.78, 5) is 26.5. The molecule has 1 aliphatic heterocycles. The molecule has 1 unspecified atom stereocenters. The largest absolute Gasteiger partial charge is 0.457 e. The summed E-state index contributed by atoms with van der Waals surface area (Å²) in [5.74, 6) is 1.28. The number of hydrogen-bond donors (Lipinski definition) is 1. The summed E-state index contributed by atoms with van der Waals surface area (Å²) in [6.07, 6.45) is 0.910. The minimum Gasteiger partial charge on any atom is -0.457 e. The molecule has 0 aromatic heterocycles. The van der Waals surface area contributed by atoms with Crippen LogP contribution in [0.2, 0.25) is 0 Å². The van der Waals surface area contributed by atoms with Crippen molar-refractivity contribution < 1.29 is 14.3 Å². The van der Waals surface area contributed by atoms with Crippen molar-refractivity contribution in [3.8, 4) is 11.5 Å². The fourth-order valence-electron chi connectivity index (χ4n) is 3.01. The van der Waals surface area contributed by atoms with Crippen molar-refractivity contribution in [2.75, 3.05) is 4.90 Å². The fraction of sp³-hybridized carbons (Fsp3) is 0.333. The van der Waals surface area contributed by atoms with E-state index in [9.17, 15) is 9.59 Å². The molecule has 5 heteroatoms. The quantitative estimate of drug-likeness (QED) is 0.908. The van der Waals surface area contributed by atoms with Crippen LogP contribution in [0.4, 0.5) is 5.69 Å². The van der Waals surface area contributed by atoms with Gasteiger partial charge >= 0.3 is 0 Å². The second kappa shape index (κ2) is 7.20.